The topological polar surface area (TPSA) is 82.1 Å². The van der Waals surface area contributed by atoms with Gasteiger partial charge in [0.1, 0.15) is 0 Å². The van der Waals surface area contributed by atoms with E-state index in [0.717, 1.165) is 17.3 Å². The van der Waals surface area contributed by atoms with Crippen LogP contribution in [0.5, 0.6) is 0 Å². The standard InChI is InChI=1S/C18H16N2O3/c21-17(15-11-3-4-12(8-11)16(15)18(22)23)20-13-5-6-14-10(9-13)2-1-7-19-14/h1-7,9,11-12,15-16H,8H2,(H,20,21)(H,22,23)/p-1/t11-,12+,15-,16+/m1/s1. The SMILES string of the molecule is O=C([O-])[C@@H]1[C@H](C(=O)Nc2ccc3ncccc3c2)[C@@H]2C=C[C@H]1C2. The Bertz CT molecular complexity index is 830. The number of carboxylic acids is 1. The van der Waals surface area contributed by atoms with Crippen molar-refractivity contribution >= 4 is 28.5 Å². The monoisotopic (exact) mass is 307 g/mol. The number of fused-ring (bicyclic) bond motifs is 3. The van der Waals surface area contributed by atoms with Crippen LogP contribution < -0.4 is 10.4 Å². The van der Waals surface area contributed by atoms with Crippen molar-refractivity contribution in [2.24, 2.45) is 23.7 Å². The molecule has 1 amide bonds. The van der Waals surface area contributed by atoms with E-state index in [2.05, 4.69) is 10.3 Å². The van der Waals surface area contributed by atoms with Gasteiger partial charge in [0.05, 0.1) is 11.4 Å². The number of carbonyl (C=O) groups excluding carboxylic acids is 2. The summed E-state index contributed by atoms with van der Waals surface area (Å²) >= 11 is 0. The number of hydrogen-bond donors (Lipinski definition) is 1. The molecule has 0 spiro atoms. The Kier molecular flexibility index (Phi) is 3.15. The van der Waals surface area contributed by atoms with E-state index in [9.17, 15) is 14.7 Å². The number of amides is 1. The van der Waals surface area contributed by atoms with Gasteiger partial charge in [0.2, 0.25) is 5.91 Å². The molecule has 1 aromatic heterocycles. The number of carboxylic acid groups (broad SMARTS) is 1. The zero-order chi connectivity index (χ0) is 16.0. The minimum atomic E-state index is -1.13. The maximum Gasteiger partial charge on any atom is 0.228 e. The fraction of sp³-hybridized carbons (Fsp3) is 0.278. The molecule has 0 radical (unpaired) electrons. The minimum Gasteiger partial charge on any atom is -0.550 e. The molecule has 2 aliphatic carbocycles. The highest BCUT2D eigenvalue weighted by atomic mass is 16.4. The van der Waals surface area contributed by atoms with Gasteiger partial charge in [-0.25, -0.2) is 0 Å². The molecule has 5 nitrogen and oxygen atoms in total. The number of aromatic nitrogens is 1. The molecule has 1 saturated carbocycles. The van der Waals surface area contributed by atoms with Crippen LogP contribution in [0.1, 0.15) is 6.42 Å². The number of nitrogens with one attached hydrogen (secondary N) is 1. The second-order valence-electron chi connectivity index (χ2n) is 6.22. The van der Waals surface area contributed by atoms with Gasteiger partial charge in [0.25, 0.3) is 0 Å². The molecular formula is C18H15N2O3-. The highest BCUT2D eigenvalue weighted by Crippen LogP contribution is 2.48. The number of pyridine rings is 1. The van der Waals surface area contributed by atoms with Gasteiger partial charge in [0.15, 0.2) is 0 Å². The number of rotatable bonds is 3. The number of benzene rings is 1. The van der Waals surface area contributed by atoms with Gasteiger partial charge >= 0.3 is 0 Å². The molecule has 2 aliphatic rings. The third-order valence-corrected chi connectivity index (χ3v) is 4.90. The Morgan fingerprint density at radius 1 is 1.13 bits per heavy atom. The smallest absolute Gasteiger partial charge is 0.228 e. The average molecular weight is 307 g/mol. The highest BCUT2D eigenvalue weighted by Gasteiger charge is 2.48. The average Bonchev–Trinajstić information content (AvgIpc) is 3.15. The van der Waals surface area contributed by atoms with Crippen LogP contribution in [0.4, 0.5) is 5.69 Å². The Morgan fingerprint density at radius 3 is 2.70 bits per heavy atom. The molecule has 0 unspecified atom stereocenters. The van der Waals surface area contributed by atoms with Crippen LogP contribution in [0.15, 0.2) is 48.7 Å². The normalized spacial score (nSPS) is 28.2. The molecule has 4 rings (SSSR count). The molecule has 116 valence electrons. The molecule has 4 atom stereocenters. The number of aliphatic carboxylic acids is 1. The Balaban J connectivity index is 1.59. The number of allylic oxidation sites excluding steroid dienone is 2. The van der Waals surface area contributed by atoms with Gasteiger partial charge in [-0.15, -0.1) is 0 Å². The molecule has 23 heavy (non-hydrogen) atoms. The maximum absolute atomic E-state index is 12.6. The summed E-state index contributed by atoms with van der Waals surface area (Å²) in [6.45, 7) is 0. The van der Waals surface area contributed by atoms with E-state index in [1.54, 1.807) is 12.3 Å². The molecule has 1 aromatic carbocycles. The summed E-state index contributed by atoms with van der Waals surface area (Å²) in [5, 5.41) is 15.2. The zero-order valence-corrected chi connectivity index (χ0v) is 12.3. The number of carbonyl (C=O) groups is 2. The largest absolute Gasteiger partial charge is 0.550 e. The summed E-state index contributed by atoms with van der Waals surface area (Å²) in [7, 11) is 0. The summed E-state index contributed by atoms with van der Waals surface area (Å²) in [6, 6.07) is 9.21. The lowest BCUT2D eigenvalue weighted by atomic mass is 9.82. The maximum atomic E-state index is 12.6. The lowest BCUT2D eigenvalue weighted by Gasteiger charge is -2.27. The van der Waals surface area contributed by atoms with Crippen LogP contribution in [0.2, 0.25) is 0 Å². The van der Waals surface area contributed by atoms with Gasteiger partial charge in [-0.05, 0) is 42.5 Å². The summed E-state index contributed by atoms with van der Waals surface area (Å²) in [5.41, 5.74) is 1.50. The third kappa shape index (κ3) is 2.29. The van der Waals surface area contributed by atoms with Crippen molar-refractivity contribution in [1.82, 2.24) is 4.98 Å². The quantitative estimate of drug-likeness (QED) is 0.868. The Labute approximate surface area is 133 Å². The Morgan fingerprint density at radius 2 is 1.91 bits per heavy atom. The van der Waals surface area contributed by atoms with Crippen LogP contribution in [-0.2, 0) is 9.59 Å². The molecular weight excluding hydrogens is 292 g/mol. The number of anilines is 1. The van der Waals surface area contributed by atoms with Crippen LogP contribution in [0.25, 0.3) is 10.9 Å². The molecule has 5 heteroatoms. The summed E-state index contributed by atoms with van der Waals surface area (Å²) < 4.78 is 0. The molecule has 2 aromatic rings. The van der Waals surface area contributed by atoms with Gasteiger partial charge in [-0.1, -0.05) is 18.2 Å². The predicted molar refractivity (Wildman–Crippen MR) is 83.1 cm³/mol. The molecule has 1 N–H and O–H groups in total. The summed E-state index contributed by atoms with van der Waals surface area (Å²) in [4.78, 5) is 28.2. The number of hydrogen-bond acceptors (Lipinski definition) is 4. The van der Waals surface area contributed by atoms with Crippen molar-refractivity contribution < 1.29 is 14.7 Å². The van der Waals surface area contributed by atoms with Gasteiger partial charge in [0, 0.05) is 29.2 Å². The highest BCUT2D eigenvalue weighted by molar-refractivity contribution is 5.97. The second-order valence-corrected chi connectivity index (χ2v) is 6.22. The van der Waals surface area contributed by atoms with Crippen molar-refractivity contribution in [2.75, 3.05) is 5.32 Å². The first-order chi connectivity index (χ1) is 11.1. The van der Waals surface area contributed by atoms with E-state index >= 15 is 0 Å². The molecule has 1 fully saturated rings. The second kappa shape index (κ2) is 5.19. The van der Waals surface area contributed by atoms with Crippen LogP contribution >= 0.6 is 0 Å². The predicted octanol–water partition coefficient (Wildman–Crippen LogP) is 1.36. The van der Waals surface area contributed by atoms with Crippen LogP contribution in [0, 0.1) is 23.7 Å². The molecule has 1 heterocycles. The summed E-state index contributed by atoms with van der Waals surface area (Å²) in [6.07, 6.45) is 6.29. The van der Waals surface area contributed by atoms with E-state index < -0.39 is 17.8 Å². The number of nitrogens with zero attached hydrogens (tertiary/aromatic N) is 1. The zero-order valence-electron chi connectivity index (χ0n) is 12.3. The molecule has 2 bridgehead atoms. The van der Waals surface area contributed by atoms with Crippen molar-refractivity contribution in [3.8, 4) is 0 Å². The molecule has 0 saturated heterocycles. The lowest BCUT2D eigenvalue weighted by molar-refractivity contribution is -0.313. The van der Waals surface area contributed by atoms with E-state index in [0.29, 0.717) is 5.69 Å². The van der Waals surface area contributed by atoms with Crippen molar-refractivity contribution in [2.45, 2.75) is 6.42 Å². The van der Waals surface area contributed by atoms with E-state index in [1.807, 2.05) is 36.4 Å². The van der Waals surface area contributed by atoms with Crippen molar-refractivity contribution in [3.63, 3.8) is 0 Å². The first-order valence-electron chi connectivity index (χ1n) is 7.68. The van der Waals surface area contributed by atoms with Gasteiger partial charge in [-0.2, -0.15) is 0 Å². The van der Waals surface area contributed by atoms with Gasteiger partial charge in [-0.3, -0.25) is 9.78 Å². The summed E-state index contributed by atoms with van der Waals surface area (Å²) in [5.74, 6) is -2.76. The van der Waals surface area contributed by atoms with Crippen molar-refractivity contribution in [3.05, 3.63) is 48.7 Å². The van der Waals surface area contributed by atoms with E-state index in [4.69, 9.17) is 0 Å². The fourth-order valence-electron chi connectivity index (χ4n) is 3.88. The first kappa shape index (κ1) is 13.9. The van der Waals surface area contributed by atoms with Crippen molar-refractivity contribution in [1.29, 1.82) is 0 Å². The van der Waals surface area contributed by atoms with Crippen LogP contribution in [0.3, 0.4) is 0 Å². The Hall–Kier alpha value is -2.69. The van der Waals surface area contributed by atoms with E-state index in [1.165, 1.54) is 0 Å². The van der Waals surface area contributed by atoms with Gasteiger partial charge < -0.3 is 15.2 Å². The minimum absolute atomic E-state index is 0.00924. The van der Waals surface area contributed by atoms with Crippen LogP contribution in [-0.4, -0.2) is 16.9 Å². The lowest BCUT2D eigenvalue weighted by Crippen LogP contribution is -2.42. The molecule has 0 aliphatic heterocycles. The fourth-order valence-corrected chi connectivity index (χ4v) is 3.88. The first-order valence-corrected chi connectivity index (χ1v) is 7.68. The van der Waals surface area contributed by atoms with E-state index in [-0.39, 0.29) is 17.7 Å². The third-order valence-electron chi connectivity index (χ3n) is 4.90.